The van der Waals surface area contributed by atoms with Crippen molar-refractivity contribution in [3.8, 4) is 0 Å². The third kappa shape index (κ3) is 2.84. The van der Waals surface area contributed by atoms with E-state index in [-0.39, 0.29) is 12.4 Å². The summed E-state index contributed by atoms with van der Waals surface area (Å²) in [6, 6.07) is 5.68. The van der Waals surface area contributed by atoms with Crippen molar-refractivity contribution >= 4 is 35.0 Å². The molecule has 1 aromatic heterocycles. The molecule has 0 aliphatic carbocycles. The lowest BCUT2D eigenvalue weighted by molar-refractivity contribution is 0.766. The fraction of sp³-hybridized carbons (Fsp3) is 0.300. The topological polar surface area (TPSA) is 40.7 Å². The Bertz CT molecular complexity index is 439. The minimum absolute atomic E-state index is 0. The number of hydrogen-bond acceptors (Lipinski definition) is 2. The molecule has 0 radical (unpaired) electrons. The highest BCUT2D eigenvalue weighted by atomic mass is 35.5. The Morgan fingerprint density at radius 2 is 2.27 bits per heavy atom. The molecular formula is C10H13Cl2N3. The van der Waals surface area contributed by atoms with E-state index in [1.165, 1.54) is 0 Å². The van der Waals surface area contributed by atoms with Crippen molar-refractivity contribution in [2.24, 2.45) is 0 Å². The monoisotopic (exact) mass is 245 g/mol. The molecule has 0 saturated carbocycles. The van der Waals surface area contributed by atoms with Crippen molar-refractivity contribution in [2.75, 3.05) is 13.6 Å². The quantitative estimate of drug-likeness (QED) is 0.873. The summed E-state index contributed by atoms with van der Waals surface area (Å²) < 4.78 is 0. The zero-order valence-corrected chi connectivity index (χ0v) is 9.95. The molecule has 0 aliphatic heterocycles. The first kappa shape index (κ1) is 12.3. The number of aromatic amines is 1. The Morgan fingerprint density at radius 3 is 3.00 bits per heavy atom. The van der Waals surface area contributed by atoms with Crippen molar-refractivity contribution in [1.82, 2.24) is 15.3 Å². The summed E-state index contributed by atoms with van der Waals surface area (Å²) >= 11 is 5.87. The van der Waals surface area contributed by atoms with Crippen LogP contribution in [0, 0.1) is 0 Å². The van der Waals surface area contributed by atoms with Crippen molar-refractivity contribution in [2.45, 2.75) is 6.42 Å². The maximum Gasteiger partial charge on any atom is 0.108 e. The minimum Gasteiger partial charge on any atom is -0.342 e. The molecule has 0 unspecified atom stereocenters. The number of rotatable bonds is 3. The second-order valence-corrected chi connectivity index (χ2v) is 3.63. The van der Waals surface area contributed by atoms with E-state index in [9.17, 15) is 0 Å². The molecule has 2 N–H and O–H groups in total. The van der Waals surface area contributed by atoms with Crippen molar-refractivity contribution in [1.29, 1.82) is 0 Å². The highest BCUT2D eigenvalue weighted by Crippen LogP contribution is 2.17. The molecular weight excluding hydrogens is 233 g/mol. The predicted molar refractivity (Wildman–Crippen MR) is 66.0 cm³/mol. The number of nitrogens with one attached hydrogen (secondary N) is 2. The Morgan fingerprint density at radius 1 is 1.47 bits per heavy atom. The number of benzene rings is 1. The molecule has 2 rings (SSSR count). The van der Waals surface area contributed by atoms with E-state index in [0.29, 0.717) is 0 Å². The van der Waals surface area contributed by atoms with Gasteiger partial charge in [-0.15, -0.1) is 12.4 Å². The Kier molecular flexibility index (Phi) is 4.39. The molecule has 0 fully saturated rings. The SMILES string of the molecule is CNCCc1nc2ccc(Cl)cc2[nH]1.Cl. The van der Waals surface area contributed by atoms with Crippen LogP contribution in [0.2, 0.25) is 5.02 Å². The van der Waals surface area contributed by atoms with Gasteiger partial charge in [-0.1, -0.05) is 11.6 Å². The van der Waals surface area contributed by atoms with Crippen molar-refractivity contribution < 1.29 is 0 Å². The third-order valence-electron chi connectivity index (χ3n) is 2.10. The van der Waals surface area contributed by atoms with Gasteiger partial charge in [0, 0.05) is 18.0 Å². The predicted octanol–water partition coefficient (Wildman–Crippen LogP) is 2.40. The summed E-state index contributed by atoms with van der Waals surface area (Å²) in [5.41, 5.74) is 1.98. The zero-order valence-electron chi connectivity index (χ0n) is 8.38. The van der Waals surface area contributed by atoms with Crippen LogP contribution in [-0.4, -0.2) is 23.6 Å². The van der Waals surface area contributed by atoms with Gasteiger partial charge in [-0.3, -0.25) is 0 Å². The van der Waals surface area contributed by atoms with Gasteiger partial charge in [0.25, 0.3) is 0 Å². The average molecular weight is 246 g/mol. The molecule has 15 heavy (non-hydrogen) atoms. The van der Waals surface area contributed by atoms with Gasteiger partial charge in [0.1, 0.15) is 5.82 Å². The van der Waals surface area contributed by atoms with Crippen LogP contribution in [0.25, 0.3) is 11.0 Å². The summed E-state index contributed by atoms with van der Waals surface area (Å²) in [6.45, 7) is 0.924. The summed E-state index contributed by atoms with van der Waals surface area (Å²) in [5, 5.41) is 3.82. The van der Waals surface area contributed by atoms with Gasteiger partial charge in [0.05, 0.1) is 11.0 Å². The molecule has 0 saturated heterocycles. The Hall–Kier alpha value is -0.770. The summed E-state index contributed by atoms with van der Waals surface area (Å²) in [7, 11) is 1.93. The van der Waals surface area contributed by atoms with Gasteiger partial charge >= 0.3 is 0 Å². The van der Waals surface area contributed by atoms with E-state index in [1.54, 1.807) is 0 Å². The van der Waals surface area contributed by atoms with Crippen LogP contribution in [0.15, 0.2) is 18.2 Å². The molecule has 0 spiro atoms. The molecule has 3 nitrogen and oxygen atoms in total. The van der Waals surface area contributed by atoms with Crippen LogP contribution >= 0.6 is 24.0 Å². The van der Waals surface area contributed by atoms with Crippen LogP contribution in [0.4, 0.5) is 0 Å². The molecule has 0 aliphatic rings. The van der Waals surface area contributed by atoms with Crippen LogP contribution in [0.1, 0.15) is 5.82 Å². The number of H-pyrrole nitrogens is 1. The lowest BCUT2D eigenvalue weighted by atomic mass is 10.3. The number of fused-ring (bicyclic) bond motifs is 1. The van der Waals surface area contributed by atoms with Gasteiger partial charge in [-0.25, -0.2) is 4.98 Å². The molecule has 2 aromatic rings. The van der Waals surface area contributed by atoms with E-state index in [4.69, 9.17) is 11.6 Å². The zero-order chi connectivity index (χ0) is 9.97. The van der Waals surface area contributed by atoms with Gasteiger partial charge in [0.2, 0.25) is 0 Å². The van der Waals surface area contributed by atoms with Gasteiger partial charge in [-0.2, -0.15) is 0 Å². The number of nitrogens with zero attached hydrogens (tertiary/aromatic N) is 1. The van der Waals surface area contributed by atoms with Crippen LogP contribution in [-0.2, 0) is 6.42 Å². The fourth-order valence-corrected chi connectivity index (χ4v) is 1.57. The van der Waals surface area contributed by atoms with E-state index in [1.807, 2.05) is 25.2 Å². The molecule has 1 aromatic carbocycles. The highest BCUT2D eigenvalue weighted by molar-refractivity contribution is 6.31. The number of hydrogen-bond donors (Lipinski definition) is 2. The second kappa shape index (κ2) is 5.35. The second-order valence-electron chi connectivity index (χ2n) is 3.20. The lowest BCUT2D eigenvalue weighted by Crippen LogP contribution is -2.10. The molecule has 0 atom stereocenters. The first-order valence-corrected chi connectivity index (χ1v) is 4.96. The first-order valence-electron chi connectivity index (χ1n) is 4.58. The third-order valence-corrected chi connectivity index (χ3v) is 2.34. The van der Waals surface area contributed by atoms with Crippen molar-refractivity contribution in [3.05, 3.63) is 29.0 Å². The van der Waals surface area contributed by atoms with Crippen LogP contribution in [0.5, 0.6) is 0 Å². The standard InChI is InChI=1S/C10H12ClN3.ClH/c1-12-5-4-10-13-8-3-2-7(11)6-9(8)14-10;/h2-3,6,12H,4-5H2,1H3,(H,13,14);1H. The minimum atomic E-state index is 0. The lowest BCUT2D eigenvalue weighted by Gasteiger charge is -1.93. The van der Waals surface area contributed by atoms with Crippen molar-refractivity contribution in [3.63, 3.8) is 0 Å². The summed E-state index contributed by atoms with van der Waals surface area (Å²) in [5.74, 6) is 0.997. The van der Waals surface area contributed by atoms with Gasteiger partial charge < -0.3 is 10.3 Å². The number of imidazole rings is 1. The molecule has 0 bridgehead atoms. The summed E-state index contributed by atoms with van der Waals surface area (Å²) in [6.07, 6.45) is 0.906. The molecule has 1 heterocycles. The van der Waals surface area contributed by atoms with E-state index in [2.05, 4.69) is 15.3 Å². The normalized spacial score (nSPS) is 10.3. The average Bonchev–Trinajstić information content (AvgIpc) is 2.56. The largest absolute Gasteiger partial charge is 0.342 e. The summed E-state index contributed by atoms with van der Waals surface area (Å²) in [4.78, 5) is 7.67. The van der Waals surface area contributed by atoms with E-state index >= 15 is 0 Å². The first-order chi connectivity index (χ1) is 6.79. The van der Waals surface area contributed by atoms with E-state index in [0.717, 1.165) is 34.8 Å². The van der Waals surface area contributed by atoms with Crippen LogP contribution < -0.4 is 5.32 Å². The fourth-order valence-electron chi connectivity index (χ4n) is 1.40. The maximum absolute atomic E-state index is 5.87. The smallest absolute Gasteiger partial charge is 0.108 e. The van der Waals surface area contributed by atoms with Gasteiger partial charge in [-0.05, 0) is 25.2 Å². The maximum atomic E-state index is 5.87. The highest BCUT2D eigenvalue weighted by Gasteiger charge is 2.01. The number of likely N-dealkylation sites (N-methyl/N-ethyl adjacent to an activating group) is 1. The molecule has 5 heteroatoms. The Labute approximate surface area is 99.6 Å². The number of aromatic nitrogens is 2. The van der Waals surface area contributed by atoms with Crippen LogP contribution in [0.3, 0.4) is 0 Å². The van der Waals surface area contributed by atoms with Gasteiger partial charge in [0.15, 0.2) is 0 Å². The molecule has 82 valence electrons. The molecule has 0 amide bonds. The Balaban J connectivity index is 0.00000112. The number of halogens is 2. The van der Waals surface area contributed by atoms with E-state index < -0.39 is 0 Å².